The Morgan fingerprint density at radius 3 is 2.74 bits per heavy atom. The lowest BCUT2D eigenvalue weighted by Gasteiger charge is -2.32. The number of benzene rings is 1. The van der Waals surface area contributed by atoms with Gasteiger partial charge in [-0.1, -0.05) is 19.4 Å². The van der Waals surface area contributed by atoms with Gasteiger partial charge in [-0.2, -0.15) is 5.26 Å². The van der Waals surface area contributed by atoms with E-state index in [4.69, 9.17) is 5.26 Å². The van der Waals surface area contributed by atoms with Gasteiger partial charge in [0.05, 0.1) is 11.6 Å². The molecule has 0 amide bonds. The molecule has 0 radical (unpaired) electrons. The Labute approximate surface area is 114 Å². The Balaban J connectivity index is 2.00. The highest BCUT2D eigenvalue weighted by atomic mass is 19.1. The molecule has 0 bridgehead atoms. The number of nitriles is 1. The van der Waals surface area contributed by atoms with E-state index in [1.165, 1.54) is 31.5 Å². The number of hydrogen-bond donors (Lipinski definition) is 0. The summed E-state index contributed by atoms with van der Waals surface area (Å²) in [5.41, 5.74) is 1.53. The van der Waals surface area contributed by atoms with E-state index in [1.54, 1.807) is 6.07 Å². The summed E-state index contributed by atoms with van der Waals surface area (Å²) < 4.78 is 13.1. The molecule has 1 aromatic carbocycles. The van der Waals surface area contributed by atoms with E-state index in [2.05, 4.69) is 17.9 Å². The van der Waals surface area contributed by atoms with Gasteiger partial charge in [0.15, 0.2) is 0 Å². The lowest BCUT2D eigenvalue weighted by atomic mass is 9.86. The van der Waals surface area contributed by atoms with Gasteiger partial charge in [-0.15, -0.1) is 0 Å². The number of unbranched alkanes of at least 4 members (excludes halogenated alkanes) is 1. The first-order chi connectivity index (χ1) is 9.24. The third-order valence-electron chi connectivity index (χ3n) is 3.99. The maximum absolute atomic E-state index is 13.1. The minimum Gasteiger partial charge on any atom is -0.303 e. The largest absolute Gasteiger partial charge is 0.303 e. The van der Waals surface area contributed by atoms with Crippen molar-refractivity contribution in [2.45, 2.75) is 38.5 Å². The lowest BCUT2D eigenvalue weighted by Crippen LogP contribution is -2.33. The van der Waals surface area contributed by atoms with Crippen LogP contribution in [0.5, 0.6) is 0 Å². The second kappa shape index (κ2) is 6.68. The number of rotatable bonds is 4. The maximum Gasteiger partial charge on any atom is 0.124 e. The number of nitrogens with zero attached hydrogens (tertiary/aromatic N) is 2. The van der Waals surface area contributed by atoms with Gasteiger partial charge >= 0.3 is 0 Å². The summed E-state index contributed by atoms with van der Waals surface area (Å²) in [6, 6.07) is 6.75. The third kappa shape index (κ3) is 3.54. The van der Waals surface area contributed by atoms with E-state index in [0.717, 1.165) is 31.5 Å². The van der Waals surface area contributed by atoms with E-state index in [0.29, 0.717) is 11.5 Å². The Bertz CT molecular complexity index is 456. The van der Waals surface area contributed by atoms with E-state index >= 15 is 0 Å². The summed E-state index contributed by atoms with van der Waals surface area (Å²) in [5.74, 6) is 0.0915. The van der Waals surface area contributed by atoms with Gasteiger partial charge < -0.3 is 4.90 Å². The number of likely N-dealkylation sites (tertiary alicyclic amines) is 1. The average molecular weight is 260 g/mol. The van der Waals surface area contributed by atoms with Crippen molar-refractivity contribution in [1.82, 2.24) is 4.90 Å². The summed E-state index contributed by atoms with van der Waals surface area (Å²) in [7, 11) is 0. The number of piperidine rings is 1. The molecule has 19 heavy (non-hydrogen) atoms. The molecular formula is C16H21FN2. The third-order valence-corrected chi connectivity index (χ3v) is 3.99. The summed E-state index contributed by atoms with van der Waals surface area (Å²) in [5, 5.41) is 9.11. The Hall–Kier alpha value is -1.40. The predicted molar refractivity (Wildman–Crippen MR) is 74.4 cm³/mol. The Kier molecular flexibility index (Phi) is 4.93. The van der Waals surface area contributed by atoms with Crippen LogP contribution in [0.15, 0.2) is 18.2 Å². The molecule has 0 aliphatic carbocycles. The minimum atomic E-state index is -0.319. The van der Waals surface area contributed by atoms with Crippen molar-refractivity contribution in [3.05, 3.63) is 35.1 Å². The maximum atomic E-state index is 13.1. The van der Waals surface area contributed by atoms with E-state index in [1.807, 2.05) is 0 Å². The van der Waals surface area contributed by atoms with Crippen molar-refractivity contribution in [1.29, 1.82) is 5.26 Å². The van der Waals surface area contributed by atoms with Crippen molar-refractivity contribution in [2.75, 3.05) is 19.6 Å². The molecular weight excluding hydrogens is 239 g/mol. The van der Waals surface area contributed by atoms with Crippen LogP contribution in [-0.2, 0) is 0 Å². The zero-order chi connectivity index (χ0) is 13.7. The van der Waals surface area contributed by atoms with Crippen LogP contribution in [0.4, 0.5) is 4.39 Å². The van der Waals surface area contributed by atoms with Gasteiger partial charge in [0, 0.05) is 0 Å². The van der Waals surface area contributed by atoms with Crippen LogP contribution in [0, 0.1) is 17.1 Å². The molecule has 3 heteroatoms. The molecule has 0 aromatic heterocycles. The van der Waals surface area contributed by atoms with Crippen LogP contribution in [0.25, 0.3) is 0 Å². The van der Waals surface area contributed by atoms with E-state index < -0.39 is 0 Å². The van der Waals surface area contributed by atoms with Crippen LogP contribution in [0.3, 0.4) is 0 Å². The van der Waals surface area contributed by atoms with Crippen molar-refractivity contribution >= 4 is 0 Å². The van der Waals surface area contributed by atoms with Crippen molar-refractivity contribution < 1.29 is 4.39 Å². The second-order valence-electron chi connectivity index (χ2n) is 5.31. The van der Waals surface area contributed by atoms with E-state index in [9.17, 15) is 4.39 Å². The molecule has 1 heterocycles. The standard InChI is InChI=1S/C16H21FN2/c1-2-3-8-19-9-6-13(7-10-19)16-5-4-15(17)11-14(16)12-18/h4-5,11,13H,2-3,6-10H2,1H3. The molecule has 0 unspecified atom stereocenters. The number of hydrogen-bond acceptors (Lipinski definition) is 2. The first kappa shape index (κ1) is 14.0. The molecule has 0 atom stereocenters. The SMILES string of the molecule is CCCCN1CCC(c2ccc(F)cc2C#N)CC1. The van der Waals surface area contributed by atoms with Crippen molar-refractivity contribution in [3.8, 4) is 6.07 Å². The molecule has 2 rings (SSSR count). The predicted octanol–water partition coefficient (Wildman–Crippen LogP) is 3.68. The molecule has 1 aliphatic heterocycles. The van der Waals surface area contributed by atoms with Crippen molar-refractivity contribution in [2.24, 2.45) is 0 Å². The molecule has 102 valence electrons. The first-order valence-corrected chi connectivity index (χ1v) is 7.16. The fourth-order valence-electron chi connectivity index (χ4n) is 2.83. The first-order valence-electron chi connectivity index (χ1n) is 7.16. The molecule has 0 N–H and O–H groups in total. The van der Waals surface area contributed by atoms with Gasteiger partial charge in [-0.05, 0) is 62.5 Å². The van der Waals surface area contributed by atoms with Crippen LogP contribution in [0.2, 0.25) is 0 Å². The zero-order valence-corrected chi connectivity index (χ0v) is 11.5. The number of halogens is 1. The Morgan fingerprint density at radius 1 is 1.37 bits per heavy atom. The molecule has 1 saturated heterocycles. The average Bonchev–Trinajstić information content (AvgIpc) is 2.45. The molecule has 2 nitrogen and oxygen atoms in total. The van der Waals surface area contributed by atoms with Gasteiger partial charge in [0.2, 0.25) is 0 Å². The molecule has 1 fully saturated rings. The fraction of sp³-hybridized carbons (Fsp3) is 0.562. The quantitative estimate of drug-likeness (QED) is 0.825. The zero-order valence-electron chi connectivity index (χ0n) is 11.5. The molecule has 1 aliphatic rings. The summed E-state index contributed by atoms with van der Waals surface area (Å²) in [6.07, 6.45) is 4.63. The highest BCUT2D eigenvalue weighted by Crippen LogP contribution is 2.30. The van der Waals surface area contributed by atoms with Crippen LogP contribution >= 0.6 is 0 Å². The summed E-state index contributed by atoms with van der Waals surface area (Å²) in [6.45, 7) is 5.57. The van der Waals surface area contributed by atoms with Crippen LogP contribution in [-0.4, -0.2) is 24.5 Å². The normalized spacial score (nSPS) is 17.3. The smallest absolute Gasteiger partial charge is 0.124 e. The molecule has 0 saturated carbocycles. The van der Waals surface area contributed by atoms with Gasteiger partial charge in [0.25, 0.3) is 0 Å². The molecule has 0 spiro atoms. The monoisotopic (exact) mass is 260 g/mol. The Morgan fingerprint density at radius 2 is 2.11 bits per heavy atom. The summed E-state index contributed by atoms with van der Waals surface area (Å²) in [4.78, 5) is 2.50. The van der Waals surface area contributed by atoms with Crippen molar-refractivity contribution in [3.63, 3.8) is 0 Å². The van der Waals surface area contributed by atoms with E-state index in [-0.39, 0.29) is 5.82 Å². The molecule has 1 aromatic rings. The van der Waals surface area contributed by atoms with Crippen LogP contribution in [0.1, 0.15) is 49.7 Å². The van der Waals surface area contributed by atoms with Gasteiger partial charge in [-0.25, -0.2) is 4.39 Å². The van der Waals surface area contributed by atoms with Gasteiger partial charge in [0.1, 0.15) is 5.82 Å². The highest BCUT2D eigenvalue weighted by Gasteiger charge is 2.22. The second-order valence-corrected chi connectivity index (χ2v) is 5.31. The fourth-order valence-corrected chi connectivity index (χ4v) is 2.83. The lowest BCUT2D eigenvalue weighted by molar-refractivity contribution is 0.209. The summed E-state index contributed by atoms with van der Waals surface area (Å²) >= 11 is 0. The van der Waals surface area contributed by atoms with Gasteiger partial charge in [-0.3, -0.25) is 0 Å². The van der Waals surface area contributed by atoms with Crippen LogP contribution < -0.4 is 0 Å². The minimum absolute atomic E-state index is 0.319. The topological polar surface area (TPSA) is 27.0 Å². The highest BCUT2D eigenvalue weighted by molar-refractivity contribution is 5.40.